The van der Waals surface area contributed by atoms with Crippen LogP contribution in [0.4, 0.5) is 5.69 Å². The molecule has 1 aromatic rings. The molecule has 0 spiro atoms. The van der Waals surface area contributed by atoms with Gasteiger partial charge in [0, 0.05) is 6.07 Å². The average molecular weight is 236 g/mol. The SMILES string of the molecule is Cc1cccc([N+](=O)[O-])c1OC1CC(CN)C1. The summed E-state index contributed by atoms with van der Waals surface area (Å²) in [6.07, 6.45) is 1.85. The molecule has 1 aromatic carbocycles. The van der Waals surface area contributed by atoms with Crippen LogP contribution in [0, 0.1) is 23.0 Å². The third kappa shape index (κ3) is 2.39. The van der Waals surface area contributed by atoms with Crippen molar-refractivity contribution in [1.82, 2.24) is 0 Å². The van der Waals surface area contributed by atoms with E-state index in [4.69, 9.17) is 10.5 Å². The van der Waals surface area contributed by atoms with Gasteiger partial charge in [0.15, 0.2) is 5.75 Å². The molecule has 1 fully saturated rings. The van der Waals surface area contributed by atoms with Crippen molar-refractivity contribution in [3.05, 3.63) is 33.9 Å². The molecule has 2 rings (SSSR count). The van der Waals surface area contributed by atoms with E-state index in [0.29, 0.717) is 18.2 Å². The third-order valence-electron chi connectivity index (χ3n) is 3.20. The predicted octanol–water partition coefficient (Wildman–Crippen LogP) is 2.02. The van der Waals surface area contributed by atoms with Gasteiger partial charge in [0.25, 0.3) is 0 Å². The Morgan fingerprint density at radius 2 is 2.24 bits per heavy atom. The number of hydrogen-bond acceptors (Lipinski definition) is 4. The minimum atomic E-state index is -0.401. The van der Waals surface area contributed by atoms with Gasteiger partial charge < -0.3 is 10.5 Å². The highest BCUT2D eigenvalue weighted by molar-refractivity contribution is 5.51. The van der Waals surface area contributed by atoms with E-state index in [9.17, 15) is 10.1 Å². The summed E-state index contributed by atoms with van der Waals surface area (Å²) in [4.78, 5) is 10.5. The second-order valence-corrected chi connectivity index (χ2v) is 4.49. The van der Waals surface area contributed by atoms with Crippen molar-refractivity contribution in [1.29, 1.82) is 0 Å². The number of para-hydroxylation sites is 1. The van der Waals surface area contributed by atoms with Crippen molar-refractivity contribution in [3.63, 3.8) is 0 Å². The molecule has 0 amide bonds. The van der Waals surface area contributed by atoms with Gasteiger partial charge in [0.2, 0.25) is 0 Å². The molecule has 1 saturated carbocycles. The summed E-state index contributed by atoms with van der Waals surface area (Å²) in [5, 5.41) is 10.9. The molecule has 0 atom stereocenters. The maximum absolute atomic E-state index is 10.9. The molecule has 92 valence electrons. The molecule has 0 aromatic heterocycles. The van der Waals surface area contributed by atoms with Gasteiger partial charge in [-0.2, -0.15) is 0 Å². The summed E-state index contributed by atoms with van der Waals surface area (Å²) >= 11 is 0. The highest BCUT2D eigenvalue weighted by Gasteiger charge is 2.31. The largest absolute Gasteiger partial charge is 0.483 e. The second kappa shape index (κ2) is 4.71. The Hall–Kier alpha value is -1.62. The molecule has 1 aliphatic carbocycles. The number of ether oxygens (including phenoxy) is 1. The zero-order chi connectivity index (χ0) is 12.4. The number of rotatable bonds is 4. The van der Waals surface area contributed by atoms with Crippen LogP contribution in [0.25, 0.3) is 0 Å². The number of nitro groups is 1. The standard InChI is InChI=1S/C12H16N2O3/c1-8-3-2-4-11(14(15)16)12(8)17-10-5-9(6-10)7-13/h2-4,9-10H,5-7,13H2,1H3. The van der Waals surface area contributed by atoms with Crippen LogP contribution in [0.2, 0.25) is 0 Å². The smallest absolute Gasteiger partial charge is 0.311 e. The summed E-state index contributed by atoms with van der Waals surface area (Å²) < 4.78 is 5.71. The first kappa shape index (κ1) is 11.9. The summed E-state index contributed by atoms with van der Waals surface area (Å²) in [6.45, 7) is 2.48. The summed E-state index contributed by atoms with van der Waals surface area (Å²) in [6, 6.07) is 4.96. The number of nitro benzene ring substituents is 1. The Balaban J connectivity index is 2.12. The first-order valence-electron chi connectivity index (χ1n) is 5.72. The molecule has 5 nitrogen and oxygen atoms in total. The summed E-state index contributed by atoms with van der Waals surface area (Å²) in [5.41, 5.74) is 6.38. The predicted molar refractivity (Wildman–Crippen MR) is 64.0 cm³/mol. The van der Waals surface area contributed by atoms with E-state index in [1.165, 1.54) is 6.07 Å². The van der Waals surface area contributed by atoms with Gasteiger partial charge in [-0.15, -0.1) is 0 Å². The summed E-state index contributed by atoms with van der Waals surface area (Å²) in [7, 11) is 0. The van der Waals surface area contributed by atoms with Crippen LogP contribution in [0.1, 0.15) is 18.4 Å². The van der Waals surface area contributed by atoms with Crippen molar-refractivity contribution in [2.45, 2.75) is 25.9 Å². The number of nitrogens with two attached hydrogens (primary N) is 1. The zero-order valence-corrected chi connectivity index (χ0v) is 9.76. The molecule has 2 N–H and O–H groups in total. The molecule has 0 saturated heterocycles. The number of nitrogens with zero attached hydrogens (tertiary/aromatic N) is 1. The molecule has 17 heavy (non-hydrogen) atoms. The molecule has 0 bridgehead atoms. The highest BCUT2D eigenvalue weighted by atomic mass is 16.6. The van der Waals surface area contributed by atoms with Gasteiger partial charge in [-0.05, 0) is 37.8 Å². The molecule has 1 aliphatic rings. The lowest BCUT2D eigenvalue weighted by Gasteiger charge is -2.34. The van der Waals surface area contributed by atoms with Crippen molar-refractivity contribution in [2.24, 2.45) is 11.7 Å². The van der Waals surface area contributed by atoms with Crippen LogP contribution in [0.5, 0.6) is 5.75 Å². The Kier molecular flexibility index (Phi) is 3.28. The molecule has 0 heterocycles. The van der Waals surface area contributed by atoms with Crippen LogP contribution in [-0.4, -0.2) is 17.6 Å². The second-order valence-electron chi connectivity index (χ2n) is 4.49. The van der Waals surface area contributed by atoms with E-state index >= 15 is 0 Å². The molecule has 0 aliphatic heterocycles. The fourth-order valence-corrected chi connectivity index (χ4v) is 2.06. The van der Waals surface area contributed by atoms with Crippen LogP contribution in [0.15, 0.2) is 18.2 Å². The van der Waals surface area contributed by atoms with E-state index in [1.807, 2.05) is 13.0 Å². The van der Waals surface area contributed by atoms with Gasteiger partial charge in [0.1, 0.15) is 0 Å². The van der Waals surface area contributed by atoms with Crippen LogP contribution >= 0.6 is 0 Å². The van der Waals surface area contributed by atoms with Crippen LogP contribution in [0.3, 0.4) is 0 Å². The topological polar surface area (TPSA) is 78.4 Å². The van der Waals surface area contributed by atoms with Crippen molar-refractivity contribution < 1.29 is 9.66 Å². The van der Waals surface area contributed by atoms with Gasteiger partial charge in [-0.3, -0.25) is 10.1 Å². The van der Waals surface area contributed by atoms with Gasteiger partial charge >= 0.3 is 5.69 Å². The van der Waals surface area contributed by atoms with Crippen molar-refractivity contribution >= 4 is 5.69 Å². The molecule has 0 radical (unpaired) electrons. The first-order valence-corrected chi connectivity index (χ1v) is 5.72. The summed E-state index contributed by atoms with van der Waals surface area (Å²) in [5.74, 6) is 0.904. The fourth-order valence-electron chi connectivity index (χ4n) is 2.06. The van der Waals surface area contributed by atoms with Gasteiger partial charge in [-0.1, -0.05) is 12.1 Å². The average Bonchev–Trinajstić information content (AvgIpc) is 2.24. The lowest BCUT2D eigenvalue weighted by atomic mass is 9.82. The zero-order valence-electron chi connectivity index (χ0n) is 9.76. The number of aryl methyl sites for hydroxylation is 1. The van der Waals surface area contributed by atoms with Gasteiger partial charge in [-0.25, -0.2) is 0 Å². The minimum absolute atomic E-state index is 0.0428. The molecular formula is C12H16N2O3. The highest BCUT2D eigenvalue weighted by Crippen LogP contribution is 2.36. The van der Waals surface area contributed by atoms with E-state index in [-0.39, 0.29) is 11.8 Å². The number of benzene rings is 1. The van der Waals surface area contributed by atoms with Gasteiger partial charge in [0.05, 0.1) is 11.0 Å². The van der Waals surface area contributed by atoms with E-state index in [1.54, 1.807) is 6.07 Å². The Morgan fingerprint density at radius 1 is 1.53 bits per heavy atom. The maximum atomic E-state index is 10.9. The lowest BCUT2D eigenvalue weighted by Crippen LogP contribution is -2.38. The minimum Gasteiger partial charge on any atom is -0.483 e. The first-order chi connectivity index (χ1) is 8.11. The van der Waals surface area contributed by atoms with E-state index in [0.717, 1.165) is 18.4 Å². The maximum Gasteiger partial charge on any atom is 0.311 e. The van der Waals surface area contributed by atoms with Crippen molar-refractivity contribution in [3.8, 4) is 5.75 Å². The Labute approximate surface area is 99.7 Å². The normalized spacial score (nSPS) is 22.9. The fraction of sp³-hybridized carbons (Fsp3) is 0.500. The van der Waals surface area contributed by atoms with Crippen molar-refractivity contribution in [2.75, 3.05) is 6.54 Å². The molecular weight excluding hydrogens is 220 g/mol. The lowest BCUT2D eigenvalue weighted by molar-refractivity contribution is -0.386. The van der Waals surface area contributed by atoms with Crippen LogP contribution < -0.4 is 10.5 Å². The van der Waals surface area contributed by atoms with E-state index < -0.39 is 4.92 Å². The number of hydrogen-bond donors (Lipinski definition) is 1. The quantitative estimate of drug-likeness (QED) is 0.640. The van der Waals surface area contributed by atoms with Crippen LogP contribution in [-0.2, 0) is 0 Å². The Bertz CT molecular complexity index is 428. The van der Waals surface area contributed by atoms with E-state index in [2.05, 4.69) is 0 Å². The molecule has 5 heteroatoms. The molecule has 0 unspecified atom stereocenters. The Morgan fingerprint density at radius 3 is 2.82 bits per heavy atom. The third-order valence-corrected chi connectivity index (χ3v) is 3.20. The monoisotopic (exact) mass is 236 g/mol.